The number of rotatable bonds is 9. The van der Waals surface area contributed by atoms with Crippen molar-refractivity contribution in [1.29, 1.82) is 0 Å². The van der Waals surface area contributed by atoms with Crippen molar-refractivity contribution in [1.82, 2.24) is 19.9 Å². The number of para-hydroxylation sites is 1. The summed E-state index contributed by atoms with van der Waals surface area (Å²) in [5.74, 6) is 2.82. The molecule has 39 heavy (non-hydrogen) atoms. The number of nitrogens with zero attached hydrogens (tertiary/aromatic N) is 4. The monoisotopic (exact) mass is 537 g/mol. The number of pyridine rings is 1. The molecule has 0 bridgehead atoms. The first kappa shape index (κ1) is 25.6. The number of benzene rings is 3. The van der Waals surface area contributed by atoms with E-state index < -0.39 is 0 Å². The molecular weight excluding hydrogens is 514 g/mol. The molecule has 3 N–H and O–H groups in total. The smallest absolute Gasteiger partial charge is 0.255 e. The van der Waals surface area contributed by atoms with Gasteiger partial charge in [-0.25, -0.2) is 4.98 Å². The van der Waals surface area contributed by atoms with Gasteiger partial charge in [0.15, 0.2) is 0 Å². The molecule has 0 radical (unpaired) electrons. The van der Waals surface area contributed by atoms with E-state index in [4.69, 9.17) is 16.3 Å². The normalized spacial score (nSPS) is 10.5. The van der Waals surface area contributed by atoms with Crippen LogP contribution in [0.5, 0.6) is 11.5 Å². The maximum atomic E-state index is 12.7. The van der Waals surface area contributed by atoms with Crippen LogP contribution in [0.1, 0.15) is 23.1 Å². The summed E-state index contributed by atoms with van der Waals surface area (Å²) in [6, 6.07) is 27.1. The van der Waals surface area contributed by atoms with Crippen molar-refractivity contribution < 1.29 is 9.53 Å². The number of carbonyl (C=O) groups excluding carboxylic acids is 1. The van der Waals surface area contributed by atoms with Gasteiger partial charge in [0.05, 0.1) is 0 Å². The molecule has 0 saturated carbocycles. The van der Waals surface area contributed by atoms with Crippen LogP contribution in [0.25, 0.3) is 0 Å². The fraction of sp³-hybridized carbons (Fsp3) is 0.0690. The molecule has 9 nitrogen and oxygen atoms in total. The highest BCUT2D eigenvalue weighted by Crippen LogP contribution is 2.25. The van der Waals surface area contributed by atoms with Crippen molar-refractivity contribution in [2.75, 3.05) is 16.0 Å². The van der Waals surface area contributed by atoms with Gasteiger partial charge in [0.25, 0.3) is 5.91 Å². The van der Waals surface area contributed by atoms with E-state index in [9.17, 15) is 4.79 Å². The molecule has 5 aromatic rings. The number of anilines is 5. The number of nitrogens with one attached hydrogen (secondary N) is 3. The molecule has 5 rings (SSSR count). The Labute approximate surface area is 230 Å². The average molecular weight is 538 g/mol. The fourth-order valence-corrected chi connectivity index (χ4v) is 3.67. The second kappa shape index (κ2) is 12.0. The molecule has 1 amide bonds. The second-order valence-corrected chi connectivity index (χ2v) is 8.77. The van der Waals surface area contributed by atoms with Crippen molar-refractivity contribution in [3.05, 3.63) is 114 Å². The lowest BCUT2D eigenvalue weighted by Crippen LogP contribution is -2.12. The predicted molar refractivity (Wildman–Crippen MR) is 152 cm³/mol. The van der Waals surface area contributed by atoms with Crippen molar-refractivity contribution in [3.63, 3.8) is 0 Å². The zero-order valence-electron chi connectivity index (χ0n) is 20.9. The number of carbonyl (C=O) groups is 1. The lowest BCUT2D eigenvalue weighted by Gasteiger charge is -2.11. The summed E-state index contributed by atoms with van der Waals surface area (Å²) in [7, 11) is 0. The van der Waals surface area contributed by atoms with E-state index in [1.165, 1.54) is 0 Å². The maximum absolute atomic E-state index is 12.7. The van der Waals surface area contributed by atoms with Gasteiger partial charge in [0, 0.05) is 34.6 Å². The summed E-state index contributed by atoms with van der Waals surface area (Å²) in [6.07, 6.45) is 2.16. The minimum Gasteiger partial charge on any atom is -0.457 e. The number of aromatic nitrogens is 4. The number of amides is 1. The van der Waals surface area contributed by atoms with Crippen LogP contribution in [0.2, 0.25) is 5.02 Å². The Morgan fingerprint density at radius 1 is 0.795 bits per heavy atom. The summed E-state index contributed by atoms with van der Waals surface area (Å²) in [6.45, 7) is 1.96. The lowest BCUT2D eigenvalue weighted by molar-refractivity contribution is 0.102. The predicted octanol–water partition coefficient (Wildman–Crippen LogP) is 7.01. The number of hydrogen-bond donors (Lipinski definition) is 3. The zero-order valence-corrected chi connectivity index (χ0v) is 21.7. The highest BCUT2D eigenvalue weighted by molar-refractivity contribution is 6.30. The molecule has 194 valence electrons. The van der Waals surface area contributed by atoms with E-state index in [-0.39, 0.29) is 5.91 Å². The third-order valence-electron chi connectivity index (χ3n) is 5.45. The topological polar surface area (TPSA) is 114 Å². The summed E-state index contributed by atoms with van der Waals surface area (Å²) < 4.78 is 5.85. The largest absolute Gasteiger partial charge is 0.457 e. The van der Waals surface area contributed by atoms with Gasteiger partial charge in [-0.3, -0.25) is 4.79 Å². The van der Waals surface area contributed by atoms with Gasteiger partial charge < -0.3 is 20.7 Å². The molecule has 0 fully saturated rings. The van der Waals surface area contributed by atoms with Crippen LogP contribution in [-0.2, 0) is 6.42 Å². The highest BCUT2D eigenvalue weighted by atomic mass is 35.5. The Bertz CT molecular complexity index is 1560. The lowest BCUT2D eigenvalue weighted by atomic mass is 10.2. The van der Waals surface area contributed by atoms with Gasteiger partial charge in [0.1, 0.15) is 23.1 Å². The summed E-state index contributed by atoms with van der Waals surface area (Å²) in [5.41, 5.74) is 1.93. The van der Waals surface area contributed by atoms with E-state index in [0.29, 0.717) is 57.7 Å². The molecule has 3 aromatic carbocycles. The van der Waals surface area contributed by atoms with Crippen molar-refractivity contribution >= 4 is 46.6 Å². The molecule has 0 unspecified atom stereocenters. The van der Waals surface area contributed by atoms with Gasteiger partial charge in [-0.05, 0) is 72.8 Å². The Kier molecular flexibility index (Phi) is 7.89. The molecule has 0 aliphatic heterocycles. The van der Waals surface area contributed by atoms with E-state index in [1.807, 2.05) is 61.5 Å². The van der Waals surface area contributed by atoms with Crippen LogP contribution in [0.15, 0.2) is 97.2 Å². The minimum atomic E-state index is -0.248. The van der Waals surface area contributed by atoms with Crippen LogP contribution < -0.4 is 20.7 Å². The summed E-state index contributed by atoms with van der Waals surface area (Å²) in [4.78, 5) is 30.4. The molecule has 0 aliphatic carbocycles. The third-order valence-corrected chi connectivity index (χ3v) is 5.70. The van der Waals surface area contributed by atoms with Crippen molar-refractivity contribution in [2.45, 2.75) is 13.3 Å². The van der Waals surface area contributed by atoms with Gasteiger partial charge in [-0.2, -0.15) is 15.0 Å². The molecule has 10 heteroatoms. The molecule has 0 spiro atoms. The quantitative estimate of drug-likeness (QED) is 0.184. The SMILES string of the molecule is CCc1nc(Nc2ccc(Oc3ccc(Cl)cc3)cc2)nc(Nc2cc(C(=O)Nc3ccccc3)ccn2)n1. The van der Waals surface area contributed by atoms with Gasteiger partial charge in [0.2, 0.25) is 11.9 Å². The van der Waals surface area contributed by atoms with E-state index in [1.54, 1.807) is 42.6 Å². The molecule has 0 saturated heterocycles. The van der Waals surface area contributed by atoms with Gasteiger partial charge in [-0.15, -0.1) is 0 Å². The van der Waals surface area contributed by atoms with Crippen molar-refractivity contribution in [3.8, 4) is 11.5 Å². The van der Waals surface area contributed by atoms with Crippen LogP contribution in [0.4, 0.5) is 29.1 Å². The van der Waals surface area contributed by atoms with Crippen LogP contribution in [0.3, 0.4) is 0 Å². The zero-order chi connectivity index (χ0) is 27.0. The summed E-state index contributed by atoms with van der Waals surface area (Å²) in [5, 5.41) is 9.80. The molecule has 2 heterocycles. The van der Waals surface area contributed by atoms with Crippen LogP contribution >= 0.6 is 11.6 Å². The number of aryl methyl sites for hydroxylation is 1. The third kappa shape index (κ3) is 7.06. The Balaban J connectivity index is 1.27. The molecular formula is C29H24ClN7O2. The standard InChI is InChI=1S/C29H24ClN7O2/c1-2-25-34-28(33-22-10-14-24(15-11-22)39-23-12-8-20(30)9-13-23)37-29(35-25)36-26-18-19(16-17-31-26)27(38)32-21-6-4-3-5-7-21/h3-18H,2H2,1H3,(H,32,38)(H2,31,33,34,35,36,37). The average Bonchev–Trinajstić information content (AvgIpc) is 2.96. The number of halogens is 1. The van der Waals surface area contributed by atoms with E-state index in [2.05, 4.69) is 35.9 Å². The molecule has 0 aliphatic rings. The first-order chi connectivity index (χ1) is 19.0. The minimum absolute atomic E-state index is 0.248. The van der Waals surface area contributed by atoms with Crippen LogP contribution in [-0.4, -0.2) is 25.8 Å². The Morgan fingerprint density at radius 3 is 2.15 bits per heavy atom. The second-order valence-electron chi connectivity index (χ2n) is 8.33. The Hall–Kier alpha value is -5.02. The van der Waals surface area contributed by atoms with E-state index in [0.717, 1.165) is 5.69 Å². The van der Waals surface area contributed by atoms with Crippen molar-refractivity contribution in [2.24, 2.45) is 0 Å². The highest BCUT2D eigenvalue weighted by Gasteiger charge is 2.11. The van der Waals surface area contributed by atoms with Crippen LogP contribution in [0, 0.1) is 0 Å². The molecule has 2 aromatic heterocycles. The van der Waals surface area contributed by atoms with Gasteiger partial charge >= 0.3 is 0 Å². The maximum Gasteiger partial charge on any atom is 0.255 e. The fourth-order valence-electron chi connectivity index (χ4n) is 3.54. The first-order valence-corrected chi connectivity index (χ1v) is 12.6. The number of ether oxygens (including phenoxy) is 1. The summed E-state index contributed by atoms with van der Waals surface area (Å²) >= 11 is 5.93. The molecule has 0 atom stereocenters. The van der Waals surface area contributed by atoms with E-state index >= 15 is 0 Å². The van der Waals surface area contributed by atoms with Gasteiger partial charge in [-0.1, -0.05) is 36.7 Å². The Morgan fingerprint density at radius 2 is 1.46 bits per heavy atom. The first-order valence-electron chi connectivity index (χ1n) is 12.2. The number of hydrogen-bond acceptors (Lipinski definition) is 8.